The van der Waals surface area contributed by atoms with E-state index in [4.69, 9.17) is 5.26 Å². The normalized spacial score (nSPS) is 16.4. The molecule has 1 heteroatoms. The van der Waals surface area contributed by atoms with Gasteiger partial charge in [0.1, 0.15) is 0 Å². The third kappa shape index (κ3) is 2.43. The van der Waals surface area contributed by atoms with Crippen LogP contribution in [0.2, 0.25) is 0 Å². The maximum absolute atomic E-state index is 8.43. The van der Waals surface area contributed by atoms with Gasteiger partial charge >= 0.3 is 0 Å². The average Bonchev–Trinajstić information content (AvgIpc) is 2.17. The van der Waals surface area contributed by atoms with Crippen molar-refractivity contribution in [1.29, 1.82) is 5.26 Å². The van der Waals surface area contributed by atoms with Crippen LogP contribution in [0.4, 0.5) is 0 Å². The molecule has 1 aliphatic carbocycles. The van der Waals surface area contributed by atoms with Crippen molar-refractivity contribution in [1.82, 2.24) is 0 Å². The van der Waals surface area contributed by atoms with E-state index in [2.05, 4.69) is 25.1 Å². The first kappa shape index (κ1) is 7.81. The Balaban J connectivity index is 2.74. The Bertz CT molecular complexity index is 261. The minimum absolute atomic E-state index is 0.514. The third-order valence-corrected chi connectivity index (χ3v) is 1.64. The van der Waals surface area contributed by atoms with E-state index in [-0.39, 0.29) is 0 Å². The van der Waals surface area contributed by atoms with Crippen LogP contribution >= 0.6 is 0 Å². The molecule has 0 atom stereocenters. The molecule has 0 saturated heterocycles. The predicted molar refractivity (Wildman–Crippen MR) is 45.8 cm³/mol. The van der Waals surface area contributed by atoms with Crippen molar-refractivity contribution in [3.63, 3.8) is 0 Å². The van der Waals surface area contributed by atoms with E-state index in [9.17, 15) is 0 Å². The minimum atomic E-state index is 0.514. The number of nitriles is 1. The molecule has 0 radical (unpaired) electrons. The zero-order valence-corrected chi connectivity index (χ0v) is 6.67. The molecule has 0 amide bonds. The van der Waals surface area contributed by atoms with E-state index in [0.717, 1.165) is 12.0 Å². The van der Waals surface area contributed by atoms with Crippen molar-refractivity contribution >= 4 is 0 Å². The maximum Gasteiger partial charge on any atom is 0.0669 e. The highest BCUT2D eigenvalue weighted by atomic mass is 14.2. The standard InChI is InChI=1S/C10H11N/c1-9-3-2-4-10(6-5-9)7-8-11/h2,4-6H,3,7H2,1H3. The second-order valence-corrected chi connectivity index (χ2v) is 2.70. The summed E-state index contributed by atoms with van der Waals surface area (Å²) < 4.78 is 0. The first-order valence-electron chi connectivity index (χ1n) is 3.73. The molecule has 0 bridgehead atoms. The van der Waals surface area contributed by atoms with Crippen molar-refractivity contribution in [3.05, 3.63) is 35.5 Å². The van der Waals surface area contributed by atoms with Gasteiger partial charge in [0.2, 0.25) is 0 Å². The Kier molecular flexibility index (Phi) is 2.68. The van der Waals surface area contributed by atoms with Gasteiger partial charge in [-0.2, -0.15) is 5.26 Å². The molecule has 1 aliphatic rings. The lowest BCUT2D eigenvalue weighted by Gasteiger charge is -1.87. The maximum atomic E-state index is 8.43. The molecule has 0 saturated carbocycles. The number of nitrogens with zero attached hydrogens (tertiary/aromatic N) is 1. The van der Waals surface area contributed by atoms with Crippen LogP contribution in [0, 0.1) is 11.3 Å². The van der Waals surface area contributed by atoms with E-state index in [0.29, 0.717) is 6.42 Å². The lowest BCUT2D eigenvalue weighted by Crippen LogP contribution is -1.72. The van der Waals surface area contributed by atoms with Crippen LogP contribution in [0.25, 0.3) is 0 Å². The summed E-state index contributed by atoms with van der Waals surface area (Å²) >= 11 is 0. The number of hydrogen-bond acceptors (Lipinski definition) is 1. The van der Waals surface area contributed by atoms with Gasteiger partial charge in [0, 0.05) is 0 Å². The summed E-state index contributed by atoms with van der Waals surface area (Å²) in [7, 11) is 0. The smallest absolute Gasteiger partial charge is 0.0669 e. The monoisotopic (exact) mass is 145 g/mol. The van der Waals surface area contributed by atoms with E-state index in [1.54, 1.807) is 0 Å². The molecule has 0 fully saturated rings. The van der Waals surface area contributed by atoms with Gasteiger partial charge in [-0.05, 0) is 18.9 Å². The molecule has 0 N–H and O–H groups in total. The molecule has 0 unspecified atom stereocenters. The predicted octanol–water partition coefficient (Wildman–Crippen LogP) is 2.73. The van der Waals surface area contributed by atoms with E-state index in [1.807, 2.05) is 12.2 Å². The molecule has 56 valence electrons. The fourth-order valence-electron chi connectivity index (χ4n) is 0.978. The lowest BCUT2D eigenvalue weighted by atomic mass is 10.2. The molecule has 1 rings (SSSR count). The van der Waals surface area contributed by atoms with Crippen molar-refractivity contribution < 1.29 is 0 Å². The average molecular weight is 145 g/mol. The number of allylic oxidation sites excluding steroid dienone is 6. The van der Waals surface area contributed by atoms with Crippen LogP contribution in [0.15, 0.2) is 35.5 Å². The van der Waals surface area contributed by atoms with Crippen LogP contribution in [-0.2, 0) is 0 Å². The highest BCUT2D eigenvalue weighted by molar-refractivity contribution is 5.31. The van der Waals surface area contributed by atoms with E-state index < -0.39 is 0 Å². The zero-order chi connectivity index (χ0) is 8.10. The Morgan fingerprint density at radius 3 is 3.09 bits per heavy atom. The van der Waals surface area contributed by atoms with Gasteiger partial charge in [0.25, 0.3) is 0 Å². The van der Waals surface area contributed by atoms with Crippen LogP contribution < -0.4 is 0 Å². The molecule has 0 aromatic heterocycles. The van der Waals surface area contributed by atoms with Gasteiger partial charge in [-0.15, -0.1) is 0 Å². The fourth-order valence-corrected chi connectivity index (χ4v) is 0.978. The molecular weight excluding hydrogens is 134 g/mol. The highest BCUT2D eigenvalue weighted by Gasteiger charge is 1.93. The topological polar surface area (TPSA) is 23.8 Å². The van der Waals surface area contributed by atoms with Crippen LogP contribution in [0.1, 0.15) is 19.8 Å². The van der Waals surface area contributed by atoms with E-state index >= 15 is 0 Å². The van der Waals surface area contributed by atoms with Crippen LogP contribution in [0.3, 0.4) is 0 Å². The van der Waals surface area contributed by atoms with Crippen molar-refractivity contribution in [3.8, 4) is 6.07 Å². The molecule has 0 aliphatic heterocycles. The Morgan fingerprint density at radius 1 is 1.55 bits per heavy atom. The lowest BCUT2D eigenvalue weighted by molar-refractivity contribution is 1.22. The SMILES string of the molecule is CC1=CC=C(CC#N)C=CC1. The molecule has 1 nitrogen and oxygen atoms in total. The second kappa shape index (κ2) is 3.78. The molecule has 11 heavy (non-hydrogen) atoms. The summed E-state index contributed by atoms with van der Waals surface area (Å²) in [5.74, 6) is 0. The summed E-state index contributed by atoms with van der Waals surface area (Å²) in [6.45, 7) is 2.09. The zero-order valence-electron chi connectivity index (χ0n) is 6.67. The first-order valence-corrected chi connectivity index (χ1v) is 3.73. The molecule has 0 aromatic rings. The third-order valence-electron chi connectivity index (χ3n) is 1.64. The quantitative estimate of drug-likeness (QED) is 0.556. The van der Waals surface area contributed by atoms with Gasteiger partial charge in [-0.1, -0.05) is 29.9 Å². The van der Waals surface area contributed by atoms with Gasteiger partial charge in [-0.25, -0.2) is 0 Å². The van der Waals surface area contributed by atoms with Gasteiger partial charge in [0.15, 0.2) is 0 Å². The van der Waals surface area contributed by atoms with Gasteiger partial charge < -0.3 is 0 Å². The summed E-state index contributed by atoms with van der Waals surface area (Å²) in [6.07, 6.45) is 9.73. The van der Waals surface area contributed by atoms with Gasteiger partial charge in [-0.3, -0.25) is 0 Å². The number of rotatable bonds is 1. The van der Waals surface area contributed by atoms with Crippen molar-refractivity contribution in [2.24, 2.45) is 0 Å². The van der Waals surface area contributed by atoms with Crippen LogP contribution in [0.5, 0.6) is 0 Å². The molecule has 0 spiro atoms. The fraction of sp³-hybridized carbons (Fsp3) is 0.300. The second-order valence-electron chi connectivity index (χ2n) is 2.70. The van der Waals surface area contributed by atoms with Crippen LogP contribution in [-0.4, -0.2) is 0 Å². The highest BCUT2D eigenvalue weighted by Crippen LogP contribution is 2.12. The Labute approximate surface area is 67.3 Å². The Morgan fingerprint density at radius 2 is 2.36 bits per heavy atom. The summed E-state index contributed by atoms with van der Waals surface area (Å²) in [6, 6.07) is 2.13. The minimum Gasteiger partial charge on any atom is -0.198 e. The number of hydrogen-bond donors (Lipinski definition) is 0. The summed E-state index contributed by atoms with van der Waals surface area (Å²) in [4.78, 5) is 0. The Hall–Kier alpha value is -1.29. The van der Waals surface area contributed by atoms with E-state index in [1.165, 1.54) is 5.57 Å². The molecule has 0 heterocycles. The summed E-state index contributed by atoms with van der Waals surface area (Å²) in [5.41, 5.74) is 2.44. The van der Waals surface area contributed by atoms with Crippen molar-refractivity contribution in [2.75, 3.05) is 0 Å². The summed E-state index contributed by atoms with van der Waals surface area (Å²) in [5, 5.41) is 8.43. The largest absolute Gasteiger partial charge is 0.198 e. The molecular formula is C10H11N. The van der Waals surface area contributed by atoms with Crippen molar-refractivity contribution in [2.45, 2.75) is 19.8 Å². The first-order chi connectivity index (χ1) is 5.33. The van der Waals surface area contributed by atoms with Gasteiger partial charge in [0.05, 0.1) is 12.5 Å². The molecule has 0 aromatic carbocycles.